The molecule has 0 spiro atoms. The highest BCUT2D eigenvalue weighted by Crippen LogP contribution is 2.55. The van der Waals surface area contributed by atoms with E-state index in [-0.39, 0.29) is 59.4 Å². The second kappa shape index (κ2) is 15.9. The van der Waals surface area contributed by atoms with Crippen LogP contribution in [0.5, 0.6) is 0 Å². The lowest BCUT2D eigenvalue weighted by molar-refractivity contribution is -0.138. The number of hydrogen-bond donors (Lipinski definition) is 6. The smallest absolute Gasteiger partial charge is 0.405 e. The summed E-state index contributed by atoms with van der Waals surface area (Å²) in [6.07, 6.45) is 7.82. The number of nitrogens with one attached hydrogen (secondary N) is 4. The van der Waals surface area contributed by atoms with E-state index in [1.165, 1.54) is 0 Å². The van der Waals surface area contributed by atoms with Gasteiger partial charge in [0.2, 0.25) is 11.8 Å². The molecule has 6 N–H and O–H groups in total. The number of rotatable bonds is 11. The van der Waals surface area contributed by atoms with Crippen molar-refractivity contribution in [2.75, 3.05) is 0 Å². The maximum absolute atomic E-state index is 14.1. The van der Waals surface area contributed by atoms with Gasteiger partial charge in [-0.25, -0.2) is 19.6 Å². The third-order valence-corrected chi connectivity index (χ3v) is 14.5. The number of carboxylic acid groups (broad SMARTS) is 2. The standard InChI is InChI=1S/C46H50N8O8/c55-31-13-9-27(10-14-31)39(51-45(59)60)43(57)53-35-17-29(35)19-37(53)41-47-21-33(49-41)25-5-1-23(2-6-25)24-3-7-26(8-4-24)34-22-48-42(50-34)38-20-30-18-36(30)54(38)44(58)40(52-46(61)62)28-11-15-32(56)16-12-28/h1-8,21-22,27-30,35-40,51-52H,9-20H2,(H,47,49)(H,48,50)(H,59,60)(H,61,62)/t29-,30-,35?,36?,37+,38+,39-,40-/m1/s1. The molecule has 2 unspecified atom stereocenters. The average Bonchev–Trinajstić information content (AvgIpc) is 3.85. The van der Waals surface area contributed by atoms with Crippen LogP contribution in [0.15, 0.2) is 60.9 Å². The number of carbonyl (C=O) groups excluding carboxylic acids is 4. The van der Waals surface area contributed by atoms with Gasteiger partial charge in [-0.05, 0) is 97.3 Å². The van der Waals surface area contributed by atoms with Gasteiger partial charge in [0, 0.05) is 37.8 Å². The number of benzene rings is 2. The molecule has 62 heavy (non-hydrogen) atoms. The van der Waals surface area contributed by atoms with Crippen molar-refractivity contribution >= 4 is 35.6 Å². The van der Waals surface area contributed by atoms with Gasteiger partial charge in [0.25, 0.3) is 0 Å². The van der Waals surface area contributed by atoms with Gasteiger partial charge in [0.05, 0.1) is 35.9 Å². The summed E-state index contributed by atoms with van der Waals surface area (Å²) in [6, 6.07) is 14.1. The fourth-order valence-electron chi connectivity index (χ4n) is 11.0. The van der Waals surface area contributed by atoms with Crippen molar-refractivity contribution in [2.24, 2.45) is 23.7 Å². The highest BCUT2D eigenvalue weighted by atomic mass is 16.4. The van der Waals surface area contributed by atoms with E-state index in [1.807, 2.05) is 58.3 Å². The van der Waals surface area contributed by atoms with E-state index in [9.17, 15) is 39.0 Å². The van der Waals surface area contributed by atoms with Crippen molar-refractivity contribution in [1.29, 1.82) is 0 Å². The minimum Gasteiger partial charge on any atom is -0.465 e. The van der Waals surface area contributed by atoms with Crippen molar-refractivity contribution in [3.8, 4) is 33.6 Å². The Balaban J connectivity index is 0.802. The van der Waals surface area contributed by atoms with Crippen LogP contribution in [0.25, 0.3) is 33.6 Å². The molecule has 0 bridgehead atoms. The molecular weight excluding hydrogens is 793 g/mol. The number of likely N-dealkylation sites (tertiary alicyclic amines) is 2. The predicted octanol–water partition coefficient (Wildman–Crippen LogP) is 6.25. The van der Waals surface area contributed by atoms with E-state index in [0.29, 0.717) is 74.9 Å². The van der Waals surface area contributed by atoms with Gasteiger partial charge in [-0.1, -0.05) is 48.5 Å². The van der Waals surface area contributed by atoms with Gasteiger partial charge in [0.15, 0.2) is 0 Å². The van der Waals surface area contributed by atoms with Gasteiger partial charge in [-0.15, -0.1) is 0 Å². The lowest BCUT2D eigenvalue weighted by atomic mass is 9.82. The first-order valence-corrected chi connectivity index (χ1v) is 22.0. The minimum absolute atomic E-state index is 0.0632. The zero-order valence-electron chi connectivity index (χ0n) is 34.2. The first kappa shape index (κ1) is 39.8. The maximum atomic E-state index is 14.1. The molecule has 4 amide bonds. The Bertz CT molecular complexity index is 2240. The summed E-state index contributed by atoms with van der Waals surface area (Å²) in [5, 5.41) is 24.2. The SMILES string of the molecule is O=C1CCC([C@@H](NC(=O)O)C(=O)N2C3C[C@@H]3C[C@H]2c2ncc(-c3ccc(-c4ccc(-c5cnc([C@@H]6C[C@H]7CC7N6C(=O)[C@H](NC(=O)O)C6CCC(=O)CC6)[nH]5)cc4)cc3)[nH]2)CC1. The van der Waals surface area contributed by atoms with Crippen LogP contribution in [0.1, 0.15) is 101 Å². The molecule has 6 fully saturated rings. The summed E-state index contributed by atoms with van der Waals surface area (Å²) in [5.41, 5.74) is 5.53. The van der Waals surface area contributed by atoms with Gasteiger partial charge in [-0.2, -0.15) is 0 Å². The summed E-state index contributed by atoms with van der Waals surface area (Å²) in [4.78, 5) is 95.6. The third kappa shape index (κ3) is 7.64. The number of fused-ring (bicyclic) bond motifs is 2. The molecule has 4 aromatic rings. The van der Waals surface area contributed by atoms with Crippen LogP contribution in [0.4, 0.5) is 9.59 Å². The van der Waals surface area contributed by atoms with E-state index in [2.05, 4.69) is 20.6 Å². The van der Waals surface area contributed by atoms with Crippen LogP contribution in [-0.4, -0.2) is 99.7 Å². The predicted molar refractivity (Wildman–Crippen MR) is 223 cm³/mol. The monoisotopic (exact) mass is 842 g/mol. The summed E-state index contributed by atoms with van der Waals surface area (Å²) in [7, 11) is 0. The third-order valence-electron chi connectivity index (χ3n) is 14.5. The molecule has 322 valence electrons. The molecule has 4 saturated carbocycles. The Labute approximate surface area is 357 Å². The van der Waals surface area contributed by atoms with E-state index in [0.717, 1.165) is 59.3 Å². The van der Waals surface area contributed by atoms with Crippen LogP contribution in [0, 0.1) is 23.7 Å². The number of piperidine rings is 2. The molecule has 10 rings (SSSR count). The lowest BCUT2D eigenvalue weighted by Gasteiger charge is -2.34. The number of nitrogens with zero attached hydrogens (tertiary/aromatic N) is 4. The molecule has 16 nitrogen and oxygen atoms in total. The van der Waals surface area contributed by atoms with Gasteiger partial charge < -0.3 is 40.6 Å². The normalized spacial score (nSPS) is 26.7. The van der Waals surface area contributed by atoms with Gasteiger partial charge in [-0.3, -0.25) is 19.2 Å². The number of carbonyl (C=O) groups is 6. The number of hydrogen-bond acceptors (Lipinski definition) is 8. The van der Waals surface area contributed by atoms with Crippen molar-refractivity contribution in [3.05, 3.63) is 72.6 Å². The number of H-pyrrole nitrogens is 2. The molecule has 0 radical (unpaired) electrons. The molecule has 2 aromatic carbocycles. The molecule has 16 heteroatoms. The Hall–Kier alpha value is -6.32. The number of ketones is 2. The van der Waals surface area contributed by atoms with Crippen LogP contribution >= 0.6 is 0 Å². The number of imidazole rings is 2. The van der Waals surface area contributed by atoms with Gasteiger partial charge in [0.1, 0.15) is 35.3 Å². The van der Waals surface area contributed by atoms with E-state index < -0.39 is 24.3 Å². The summed E-state index contributed by atoms with van der Waals surface area (Å²) < 4.78 is 0. The van der Waals surface area contributed by atoms with E-state index in [1.54, 1.807) is 12.4 Å². The molecule has 2 saturated heterocycles. The Morgan fingerprint density at radius 3 is 1.27 bits per heavy atom. The minimum atomic E-state index is -1.24. The average molecular weight is 843 g/mol. The summed E-state index contributed by atoms with van der Waals surface area (Å²) in [5.74, 6) is 1.47. The maximum Gasteiger partial charge on any atom is 0.405 e. The largest absolute Gasteiger partial charge is 0.465 e. The fraction of sp³-hybridized carbons (Fsp3) is 0.478. The van der Waals surface area contributed by atoms with Crippen LogP contribution in [-0.2, 0) is 19.2 Å². The molecule has 2 aromatic heterocycles. The van der Waals surface area contributed by atoms with Crippen molar-refractivity contribution in [3.63, 3.8) is 0 Å². The van der Waals surface area contributed by atoms with Crippen LogP contribution < -0.4 is 10.6 Å². The van der Waals surface area contributed by atoms with Crippen LogP contribution in [0.2, 0.25) is 0 Å². The molecule has 4 aliphatic carbocycles. The highest BCUT2D eigenvalue weighted by molar-refractivity contribution is 5.89. The molecule has 6 aliphatic rings. The number of aromatic nitrogens is 4. The zero-order chi connectivity index (χ0) is 42.8. The Morgan fingerprint density at radius 1 is 0.565 bits per heavy atom. The quantitative estimate of drug-likeness (QED) is 0.0994. The first-order valence-electron chi connectivity index (χ1n) is 22.0. The van der Waals surface area contributed by atoms with E-state index >= 15 is 0 Å². The van der Waals surface area contributed by atoms with Crippen molar-refractivity contribution in [1.82, 2.24) is 40.4 Å². The number of aromatic amines is 2. The number of Topliss-reactive ketones (excluding diaryl/α,β-unsaturated/α-hetero) is 2. The highest BCUT2D eigenvalue weighted by Gasteiger charge is 2.58. The summed E-state index contributed by atoms with van der Waals surface area (Å²) >= 11 is 0. The van der Waals surface area contributed by atoms with Crippen molar-refractivity contribution < 1.29 is 39.0 Å². The topological polar surface area (TPSA) is 231 Å². The molecule has 4 heterocycles. The molecule has 8 atom stereocenters. The fourth-order valence-corrected chi connectivity index (χ4v) is 11.0. The lowest BCUT2D eigenvalue weighted by Crippen LogP contribution is -2.53. The Kier molecular flexibility index (Phi) is 10.2. The first-order chi connectivity index (χ1) is 30.0. The van der Waals surface area contributed by atoms with Crippen LogP contribution in [0.3, 0.4) is 0 Å². The second-order valence-corrected chi connectivity index (χ2v) is 18.2. The molecule has 2 aliphatic heterocycles. The second-order valence-electron chi connectivity index (χ2n) is 18.2. The van der Waals surface area contributed by atoms with Gasteiger partial charge >= 0.3 is 12.2 Å². The van der Waals surface area contributed by atoms with Crippen molar-refractivity contribution in [2.45, 2.75) is 113 Å². The Morgan fingerprint density at radius 2 is 0.919 bits per heavy atom. The summed E-state index contributed by atoms with van der Waals surface area (Å²) in [6.45, 7) is 0. The zero-order valence-corrected chi connectivity index (χ0v) is 34.2. The molecular formula is C46H50N8O8. The van der Waals surface area contributed by atoms with E-state index in [4.69, 9.17) is 9.97 Å². The number of amides is 4.